The number of rotatable bonds is 4. The minimum absolute atomic E-state index is 0.347. The SMILES string of the molecule is CC(Cc1ccc(O)cc1)NC1CCCCC1C(C)(C)C. The fraction of sp³-hybridized carbons (Fsp3) is 0.684. The molecule has 3 atom stereocenters. The second kappa shape index (κ2) is 6.83. The molecule has 0 amide bonds. The van der Waals surface area contributed by atoms with E-state index >= 15 is 0 Å². The van der Waals surface area contributed by atoms with E-state index in [4.69, 9.17) is 0 Å². The highest BCUT2D eigenvalue weighted by molar-refractivity contribution is 5.26. The summed E-state index contributed by atoms with van der Waals surface area (Å²) in [5, 5.41) is 13.2. The van der Waals surface area contributed by atoms with Crippen molar-refractivity contribution in [3.63, 3.8) is 0 Å². The van der Waals surface area contributed by atoms with Gasteiger partial charge in [-0.15, -0.1) is 0 Å². The van der Waals surface area contributed by atoms with E-state index in [1.807, 2.05) is 12.1 Å². The van der Waals surface area contributed by atoms with Gasteiger partial charge in [-0.25, -0.2) is 0 Å². The Balaban J connectivity index is 1.93. The van der Waals surface area contributed by atoms with E-state index in [0.29, 0.717) is 23.2 Å². The average molecular weight is 289 g/mol. The number of nitrogens with one attached hydrogen (secondary N) is 1. The monoisotopic (exact) mass is 289 g/mol. The van der Waals surface area contributed by atoms with Gasteiger partial charge in [0.05, 0.1) is 0 Å². The van der Waals surface area contributed by atoms with Crippen molar-refractivity contribution in [2.75, 3.05) is 0 Å². The van der Waals surface area contributed by atoms with E-state index < -0.39 is 0 Å². The van der Waals surface area contributed by atoms with Gasteiger partial charge < -0.3 is 10.4 Å². The van der Waals surface area contributed by atoms with E-state index in [-0.39, 0.29) is 0 Å². The van der Waals surface area contributed by atoms with Crippen molar-refractivity contribution in [1.29, 1.82) is 0 Å². The number of benzene rings is 1. The van der Waals surface area contributed by atoms with Gasteiger partial charge in [0.25, 0.3) is 0 Å². The van der Waals surface area contributed by atoms with Crippen LogP contribution in [0, 0.1) is 11.3 Å². The summed E-state index contributed by atoms with van der Waals surface area (Å²) in [6.07, 6.45) is 6.42. The van der Waals surface area contributed by atoms with E-state index in [0.717, 1.165) is 12.3 Å². The van der Waals surface area contributed by atoms with Crippen molar-refractivity contribution < 1.29 is 5.11 Å². The lowest BCUT2D eigenvalue weighted by Gasteiger charge is -2.42. The molecule has 1 aliphatic carbocycles. The molecule has 3 unspecified atom stereocenters. The Morgan fingerprint density at radius 2 is 1.76 bits per heavy atom. The van der Waals surface area contributed by atoms with Gasteiger partial charge in [-0.05, 0) is 55.2 Å². The van der Waals surface area contributed by atoms with Crippen LogP contribution in [0.5, 0.6) is 5.75 Å². The largest absolute Gasteiger partial charge is 0.508 e. The number of phenols is 1. The zero-order valence-corrected chi connectivity index (χ0v) is 14.0. The van der Waals surface area contributed by atoms with Gasteiger partial charge in [0.2, 0.25) is 0 Å². The number of aromatic hydroxyl groups is 1. The molecule has 2 heteroatoms. The molecule has 0 radical (unpaired) electrons. The van der Waals surface area contributed by atoms with Gasteiger partial charge >= 0.3 is 0 Å². The van der Waals surface area contributed by atoms with Crippen LogP contribution in [0.25, 0.3) is 0 Å². The van der Waals surface area contributed by atoms with Gasteiger partial charge in [0.1, 0.15) is 5.75 Å². The standard InChI is InChI=1S/C19H31NO/c1-14(13-15-9-11-16(21)12-10-15)20-18-8-6-5-7-17(18)19(2,3)4/h9-12,14,17-18,20-21H,5-8,13H2,1-4H3. The molecule has 0 saturated heterocycles. The first-order chi connectivity index (χ1) is 9.86. The maximum atomic E-state index is 9.36. The summed E-state index contributed by atoms with van der Waals surface area (Å²) in [5.74, 6) is 1.12. The Hall–Kier alpha value is -1.02. The molecule has 1 saturated carbocycles. The molecule has 1 fully saturated rings. The molecule has 1 aromatic carbocycles. The summed E-state index contributed by atoms with van der Waals surface area (Å²) >= 11 is 0. The molecule has 0 bridgehead atoms. The van der Waals surface area contributed by atoms with Crippen LogP contribution in [0.15, 0.2) is 24.3 Å². The predicted molar refractivity (Wildman–Crippen MR) is 89.6 cm³/mol. The molecule has 1 aliphatic rings. The van der Waals surface area contributed by atoms with Crippen LogP contribution in [0.1, 0.15) is 58.9 Å². The number of phenolic OH excluding ortho intramolecular Hbond substituents is 1. The first-order valence-corrected chi connectivity index (χ1v) is 8.40. The second-order valence-electron chi connectivity index (χ2n) is 7.80. The lowest BCUT2D eigenvalue weighted by Crippen LogP contribution is -2.48. The molecule has 0 spiro atoms. The molecule has 2 nitrogen and oxygen atoms in total. The summed E-state index contributed by atoms with van der Waals surface area (Å²) in [5.41, 5.74) is 1.67. The van der Waals surface area contributed by atoms with E-state index in [1.165, 1.54) is 31.2 Å². The molecule has 2 rings (SSSR count). The van der Waals surface area contributed by atoms with Crippen LogP contribution in [0.4, 0.5) is 0 Å². The summed E-state index contributed by atoms with van der Waals surface area (Å²) in [4.78, 5) is 0. The maximum Gasteiger partial charge on any atom is 0.115 e. The predicted octanol–water partition coefficient (Wildman–Crippen LogP) is 4.52. The minimum atomic E-state index is 0.347. The topological polar surface area (TPSA) is 32.3 Å². The Morgan fingerprint density at radius 1 is 1.14 bits per heavy atom. The Bertz CT molecular complexity index is 432. The zero-order valence-electron chi connectivity index (χ0n) is 14.0. The lowest BCUT2D eigenvalue weighted by atomic mass is 9.69. The van der Waals surface area contributed by atoms with Gasteiger partial charge in [0.15, 0.2) is 0 Å². The molecule has 0 aromatic heterocycles. The maximum absolute atomic E-state index is 9.36. The van der Waals surface area contributed by atoms with Crippen LogP contribution in [0.2, 0.25) is 0 Å². The van der Waals surface area contributed by atoms with Gasteiger partial charge in [-0.2, -0.15) is 0 Å². The fourth-order valence-corrected chi connectivity index (χ4v) is 3.78. The van der Waals surface area contributed by atoms with Crippen LogP contribution < -0.4 is 5.32 Å². The molecule has 0 heterocycles. The van der Waals surface area contributed by atoms with E-state index in [9.17, 15) is 5.11 Å². The van der Waals surface area contributed by atoms with E-state index in [2.05, 4.69) is 33.0 Å². The summed E-state index contributed by atoms with van der Waals surface area (Å²) in [6.45, 7) is 9.41. The molecule has 2 N–H and O–H groups in total. The first kappa shape index (κ1) is 16.4. The van der Waals surface area contributed by atoms with Crippen molar-refractivity contribution in [3.05, 3.63) is 29.8 Å². The summed E-state index contributed by atoms with van der Waals surface area (Å²) in [6, 6.07) is 8.72. The van der Waals surface area contributed by atoms with Gasteiger partial charge in [0, 0.05) is 12.1 Å². The molecular formula is C19H31NO. The van der Waals surface area contributed by atoms with Gasteiger partial charge in [-0.1, -0.05) is 45.7 Å². The number of hydrogen-bond donors (Lipinski definition) is 2. The normalized spacial score (nSPS) is 24.8. The molecular weight excluding hydrogens is 258 g/mol. The Morgan fingerprint density at radius 3 is 2.38 bits per heavy atom. The van der Waals surface area contributed by atoms with Crippen LogP contribution in [-0.2, 0) is 6.42 Å². The highest BCUT2D eigenvalue weighted by Gasteiger charge is 2.34. The highest BCUT2D eigenvalue weighted by atomic mass is 16.3. The minimum Gasteiger partial charge on any atom is -0.508 e. The van der Waals surface area contributed by atoms with Crippen molar-refractivity contribution in [2.24, 2.45) is 11.3 Å². The van der Waals surface area contributed by atoms with Crippen LogP contribution in [0.3, 0.4) is 0 Å². The van der Waals surface area contributed by atoms with Crippen LogP contribution in [-0.4, -0.2) is 17.2 Å². The van der Waals surface area contributed by atoms with Crippen molar-refractivity contribution >= 4 is 0 Å². The third-order valence-corrected chi connectivity index (χ3v) is 4.86. The third kappa shape index (κ3) is 4.74. The van der Waals surface area contributed by atoms with Crippen molar-refractivity contribution in [1.82, 2.24) is 5.32 Å². The molecule has 1 aromatic rings. The molecule has 21 heavy (non-hydrogen) atoms. The second-order valence-corrected chi connectivity index (χ2v) is 7.80. The zero-order chi connectivity index (χ0) is 15.5. The van der Waals surface area contributed by atoms with Crippen molar-refractivity contribution in [2.45, 2.75) is 71.9 Å². The molecule has 118 valence electrons. The summed E-state index contributed by atoms with van der Waals surface area (Å²) < 4.78 is 0. The first-order valence-electron chi connectivity index (χ1n) is 8.40. The number of hydrogen-bond acceptors (Lipinski definition) is 2. The smallest absolute Gasteiger partial charge is 0.115 e. The fourth-order valence-electron chi connectivity index (χ4n) is 3.78. The third-order valence-electron chi connectivity index (χ3n) is 4.86. The van der Waals surface area contributed by atoms with E-state index in [1.54, 1.807) is 12.1 Å². The average Bonchev–Trinajstić information content (AvgIpc) is 2.41. The highest BCUT2D eigenvalue weighted by Crippen LogP contribution is 2.38. The Labute approximate surface area is 130 Å². The van der Waals surface area contributed by atoms with Crippen LogP contribution >= 0.6 is 0 Å². The van der Waals surface area contributed by atoms with Gasteiger partial charge in [-0.3, -0.25) is 0 Å². The Kier molecular flexibility index (Phi) is 5.32. The van der Waals surface area contributed by atoms with Crippen molar-refractivity contribution in [3.8, 4) is 5.75 Å². The lowest BCUT2D eigenvalue weighted by molar-refractivity contribution is 0.124. The molecule has 0 aliphatic heterocycles. The summed E-state index contributed by atoms with van der Waals surface area (Å²) in [7, 11) is 0. The quantitative estimate of drug-likeness (QED) is 0.854.